The van der Waals surface area contributed by atoms with Crippen molar-refractivity contribution in [2.24, 2.45) is 0 Å². The molecule has 0 radical (unpaired) electrons. The van der Waals surface area contributed by atoms with Gasteiger partial charge in [0.2, 0.25) is 0 Å². The second-order valence-electron chi connectivity index (χ2n) is 5.95. The molecule has 0 fully saturated rings. The predicted molar refractivity (Wildman–Crippen MR) is 103 cm³/mol. The van der Waals surface area contributed by atoms with Crippen LogP contribution in [0.3, 0.4) is 0 Å². The number of carbonyl (C=O) groups excluding carboxylic acids is 1. The van der Waals surface area contributed by atoms with Crippen LogP contribution in [0.1, 0.15) is 33.7 Å². The summed E-state index contributed by atoms with van der Waals surface area (Å²) in [4.78, 5) is 41.9. The second kappa shape index (κ2) is 8.17. The van der Waals surface area contributed by atoms with Gasteiger partial charge in [-0.15, -0.1) is 11.3 Å². The number of hydrogen-bond donors (Lipinski definition) is 1. The summed E-state index contributed by atoms with van der Waals surface area (Å²) in [6.07, 6.45) is 3.92. The lowest BCUT2D eigenvalue weighted by Gasteiger charge is -2.10. The molecule has 8 nitrogen and oxygen atoms in total. The number of carbonyl (C=O) groups is 1. The third kappa shape index (κ3) is 4.25. The Labute approximate surface area is 160 Å². The molecule has 1 amide bonds. The number of rotatable bonds is 6. The van der Waals surface area contributed by atoms with Crippen molar-refractivity contribution < 1.29 is 4.79 Å². The van der Waals surface area contributed by atoms with Crippen molar-refractivity contribution in [3.05, 3.63) is 57.0 Å². The second-order valence-corrected chi connectivity index (χ2v) is 6.95. The first kappa shape index (κ1) is 18.8. The van der Waals surface area contributed by atoms with E-state index in [1.807, 2.05) is 19.9 Å². The number of nitrogens with zero attached hydrogens (tertiary/aromatic N) is 5. The lowest BCUT2D eigenvalue weighted by molar-refractivity contribution is 0.0955. The first-order valence-corrected chi connectivity index (χ1v) is 9.41. The average Bonchev–Trinajstić information content (AvgIpc) is 3.09. The fourth-order valence-electron chi connectivity index (χ4n) is 2.68. The van der Waals surface area contributed by atoms with E-state index in [4.69, 9.17) is 0 Å². The predicted octanol–water partition coefficient (Wildman–Crippen LogP) is 1.77. The number of thiazole rings is 1. The molecule has 0 bridgehead atoms. The summed E-state index contributed by atoms with van der Waals surface area (Å²) in [6.45, 7) is 6.26. The maximum atomic E-state index is 12.6. The maximum Gasteiger partial charge on any atom is 0.348 e. The molecule has 3 heterocycles. The maximum absolute atomic E-state index is 12.6. The highest BCUT2D eigenvalue weighted by molar-refractivity contribution is 7.17. The Morgan fingerprint density at radius 2 is 1.96 bits per heavy atom. The first-order chi connectivity index (χ1) is 13.0. The van der Waals surface area contributed by atoms with Gasteiger partial charge in [-0.25, -0.2) is 19.7 Å². The number of nitrogens with one attached hydrogen (secondary N) is 1. The molecule has 140 valence electrons. The molecule has 0 unspecified atom stereocenters. The number of aromatic nitrogens is 5. The minimum atomic E-state index is -0.308. The third-order valence-corrected chi connectivity index (χ3v) is 5.06. The highest BCUT2D eigenvalue weighted by atomic mass is 32.1. The minimum absolute atomic E-state index is 0.211. The van der Waals surface area contributed by atoms with Crippen molar-refractivity contribution in [3.63, 3.8) is 0 Å². The zero-order chi connectivity index (χ0) is 19.4. The van der Waals surface area contributed by atoms with E-state index in [1.54, 1.807) is 30.0 Å². The van der Waals surface area contributed by atoms with Gasteiger partial charge < -0.3 is 5.32 Å². The van der Waals surface area contributed by atoms with Crippen LogP contribution in [0.25, 0.3) is 10.8 Å². The summed E-state index contributed by atoms with van der Waals surface area (Å²) in [5, 5.41) is 3.48. The third-order valence-electron chi connectivity index (χ3n) is 3.96. The molecule has 3 aromatic rings. The Kier molecular flexibility index (Phi) is 5.70. The summed E-state index contributed by atoms with van der Waals surface area (Å²) < 4.78 is 1.55. The van der Waals surface area contributed by atoms with Gasteiger partial charge in [-0.05, 0) is 32.4 Å². The van der Waals surface area contributed by atoms with Gasteiger partial charge >= 0.3 is 5.69 Å². The van der Waals surface area contributed by atoms with Crippen molar-refractivity contribution >= 4 is 17.2 Å². The number of amides is 1. The molecule has 0 saturated heterocycles. The highest BCUT2D eigenvalue weighted by Gasteiger charge is 2.18. The Hall–Kier alpha value is -2.94. The quantitative estimate of drug-likeness (QED) is 0.695. The normalized spacial score (nSPS) is 10.8. The molecule has 27 heavy (non-hydrogen) atoms. The monoisotopic (exact) mass is 384 g/mol. The van der Waals surface area contributed by atoms with Crippen LogP contribution in [0.2, 0.25) is 0 Å². The zero-order valence-electron chi connectivity index (χ0n) is 15.4. The van der Waals surface area contributed by atoms with Crippen LogP contribution in [-0.4, -0.2) is 37.0 Å². The number of hydrogen-bond acceptors (Lipinski definition) is 7. The standard InChI is InChI=1S/C18H20N6O2S/c1-4-13-14(27-17(23-13)15-19-6-5-7-20-15)16(25)21-8-9-24-12(3)10-11(2)22-18(24)26/h5-7,10H,4,8-9H2,1-3H3,(H,21,25). The molecule has 9 heteroatoms. The summed E-state index contributed by atoms with van der Waals surface area (Å²) >= 11 is 1.27. The molecule has 0 atom stereocenters. The summed E-state index contributed by atoms with van der Waals surface area (Å²) in [5.41, 5.74) is 1.91. The van der Waals surface area contributed by atoms with E-state index in [2.05, 4.69) is 25.3 Å². The largest absolute Gasteiger partial charge is 0.349 e. The Morgan fingerprint density at radius 3 is 2.63 bits per heavy atom. The Bertz CT molecular complexity index is 1010. The van der Waals surface area contributed by atoms with Gasteiger partial charge in [0.1, 0.15) is 4.88 Å². The molecule has 1 N–H and O–H groups in total. The van der Waals surface area contributed by atoms with E-state index in [1.165, 1.54) is 11.3 Å². The van der Waals surface area contributed by atoms with Crippen LogP contribution in [0.4, 0.5) is 0 Å². The molecular weight excluding hydrogens is 364 g/mol. The van der Waals surface area contributed by atoms with Crippen LogP contribution in [0.15, 0.2) is 29.3 Å². The zero-order valence-corrected chi connectivity index (χ0v) is 16.2. The molecule has 3 rings (SSSR count). The van der Waals surface area contributed by atoms with Crippen molar-refractivity contribution in [2.75, 3.05) is 6.54 Å². The SMILES string of the molecule is CCc1nc(-c2ncccn2)sc1C(=O)NCCn1c(C)cc(C)nc1=O. The van der Waals surface area contributed by atoms with Gasteiger partial charge in [0.05, 0.1) is 5.69 Å². The van der Waals surface area contributed by atoms with Gasteiger partial charge in [-0.2, -0.15) is 4.98 Å². The van der Waals surface area contributed by atoms with Crippen molar-refractivity contribution in [3.8, 4) is 10.8 Å². The molecule has 0 saturated carbocycles. The van der Waals surface area contributed by atoms with Crippen LogP contribution >= 0.6 is 11.3 Å². The van der Waals surface area contributed by atoms with Gasteiger partial charge in [0, 0.05) is 36.9 Å². The summed E-state index contributed by atoms with van der Waals surface area (Å²) in [5.74, 6) is 0.293. The van der Waals surface area contributed by atoms with E-state index in [0.29, 0.717) is 46.6 Å². The summed E-state index contributed by atoms with van der Waals surface area (Å²) in [7, 11) is 0. The smallest absolute Gasteiger partial charge is 0.348 e. The molecule has 0 aromatic carbocycles. The van der Waals surface area contributed by atoms with Crippen molar-refractivity contribution in [1.29, 1.82) is 0 Å². The van der Waals surface area contributed by atoms with Gasteiger partial charge in [0.25, 0.3) is 5.91 Å². The van der Waals surface area contributed by atoms with Crippen LogP contribution in [-0.2, 0) is 13.0 Å². The lowest BCUT2D eigenvalue weighted by atomic mass is 10.3. The summed E-state index contributed by atoms with van der Waals surface area (Å²) in [6, 6.07) is 3.57. The van der Waals surface area contributed by atoms with E-state index >= 15 is 0 Å². The topological polar surface area (TPSA) is 103 Å². The lowest BCUT2D eigenvalue weighted by Crippen LogP contribution is -2.33. The average molecular weight is 384 g/mol. The van der Waals surface area contributed by atoms with Crippen LogP contribution < -0.4 is 11.0 Å². The molecular formula is C18H20N6O2S. The molecule has 0 aliphatic heterocycles. The molecule has 3 aromatic heterocycles. The van der Waals surface area contributed by atoms with E-state index in [0.717, 1.165) is 5.69 Å². The highest BCUT2D eigenvalue weighted by Crippen LogP contribution is 2.25. The minimum Gasteiger partial charge on any atom is -0.349 e. The van der Waals surface area contributed by atoms with Crippen LogP contribution in [0.5, 0.6) is 0 Å². The molecule has 0 spiro atoms. The van der Waals surface area contributed by atoms with E-state index in [9.17, 15) is 9.59 Å². The molecule has 0 aliphatic rings. The van der Waals surface area contributed by atoms with Gasteiger partial charge in [-0.3, -0.25) is 9.36 Å². The Balaban J connectivity index is 1.72. The fourth-order valence-corrected chi connectivity index (χ4v) is 3.70. The van der Waals surface area contributed by atoms with E-state index < -0.39 is 0 Å². The Morgan fingerprint density at radius 1 is 1.22 bits per heavy atom. The van der Waals surface area contributed by atoms with E-state index in [-0.39, 0.29) is 11.6 Å². The van der Waals surface area contributed by atoms with Gasteiger partial charge in [0.15, 0.2) is 10.8 Å². The van der Waals surface area contributed by atoms with Gasteiger partial charge in [-0.1, -0.05) is 6.92 Å². The fraction of sp³-hybridized carbons (Fsp3) is 0.333. The first-order valence-electron chi connectivity index (χ1n) is 8.60. The van der Waals surface area contributed by atoms with Crippen LogP contribution in [0, 0.1) is 13.8 Å². The van der Waals surface area contributed by atoms with Crippen molar-refractivity contribution in [1.82, 2.24) is 29.8 Å². The molecule has 0 aliphatic carbocycles. The number of aryl methyl sites for hydroxylation is 3. The van der Waals surface area contributed by atoms with Crippen molar-refractivity contribution in [2.45, 2.75) is 33.7 Å².